The van der Waals surface area contributed by atoms with Crippen LogP contribution in [-0.2, 0) is 4.79 Å². The quantitative estimate of drug-likeness (QED) is 0.740. The Labute approximate surface area is 109 Å². The Balaban J connectivity index is 2.25. The molecule has 0 radical (unpaired) electrons. The summed E-state index contributed by atoms with van der Waals surface area (Å²) in [6, 6.07) is 0.243. The molecule has 0 aromatic carbocycles. The van der Waals surface area contributed by atoms with Gasteiger partial charge in [0.2, 0.25) is 0 Å². The Morgan fingerprint density at radius 1 is 1.39 bits per heavy atom. The van der Waals surface area contributed by atoms with Crippen molar-refractivity contribution in [3.63, 3.8) is 0 Å². The normalized spacial score (nSPS) is 23.4. The summed E-state index contributed by atoms with van der Waals surface area (Å²) in [6.45, 7) is 2.66. The van der Waals surface area contributed by atoms with Crippen LogP contribution in [0.3, 0.4) is 0 Å². The molecule has 0 aromatic heterocycles. The van der Waals surface area contributed by atoms with Gasteiger partial charge in [-0.3, -0.25) is 4.79 Å². The third-order valence-electron chi connectivity index (χ3n) is 3.62. The number of amides is 2. The minimum Gasteiger partial charge on any atom is -0.481 e. The molecule has 5 heteroatoms. The average Bonchev–Trinajstić information content (AvgIpc) is 2.33. The SMILES string of the molecule is CC1CCCC(N(C)C(=O)NCCCC(=O)O)C1. The molecule has 18 heavy (non-hydrogen) atoms. The number of nitrogens with one attached hydrogen (secondary N) is 1. The van der Waals surface area contributed by atoms with Gasteiger partial charge in [-0.1, -0.05) is 19.8 Å². The number of carboxylic acids is 1. The number of rotatable bonds is 5. The smallest absolute Gasteiger partial charge is 0.317 e. The van der Waals surface area contributed by atoms with Gasteiger partial charge in [0.25, 0.3) is 0 Å². The zero-order valence-electron chi connectivity index (χ0n) is 11.3. The van der Waals surface area contributed by atoms with E-state index in [1.165, 1.54) is 12.8 Å². The Hall–Kier alpha value is -1.26. The molecule has 2 unspecified atom stereocenters. The van der Waals surface area contributed by atoms with Gasteiger partial charge in [-0.25, -0.2) is 4.79 Å². The lowest BCUT2D eigenvalue weighted by atomic mass is 9.86. The zero-order valence-corrected chi connectivity index (χ0v) is 11.3. The van der Waals surface area contributed by atoms with Gasteiger partial charge >= 0.3 is 12.0 Å². The number of carboxylic acid groups (broad SMARTS) is 1. The Bertz CT molecular complexity index is 294. The maximum atomic E-state index is 11.9. The fraction of sp³-hybridized carbons (Fsp3) is 0.846. The summed E-state index contributed by atoms with van der Waals surface area (Å²) in [4.78, 5) is 24.0. The third-order valence-corrected chi connectivity index (χ3v) is 3.62. The topological polar surface area (TPSA) is 69.6 Å². The van der Waals surface area contributed by atoms with Crippen molar-refractivity contribution in [1.29, 1.82) is 0 Å². The summed E-state index contributed by atoms with van der Waals surface area (Å²) in [5, 5.41) is 11.3. The van der Waals surface area contributed by atoms with E-state index < -0.39 is 5.97 Å². The van der Waals surface area contributed by atoms with Crippen molar-refractivity contribution in [1.82, 2.24) is 10.2 Å². The van der Waals surface area contributed by atoms with Crippen molar-refractivity contribution in [2.24, 2.45) is 5.92 Å². The first-order valence-corrected chi connectivity index (χ1v) is 6.73. The van der Waals surface area contributed by atoms with Crippen molar-refractivity contribution < 1.29 is 14.7 Å². The van der Waals surface area contributed by atoms with Crippen LogP contribution in [0, 0.1) is 5.92 Å². The van der Waals surface area contributed by atoms with Crippen molar-refractivity contribution in [3.8, 4) is 0 Å². The number of aliphatic carboxylic acids is 1. The minimum absolute atomic E-state index is 0.0838. The second-order valence-corrected chi connectivity index (χ2v) is 5.27. The van der Waals surface area contributed by atoms with Gasteiger partial charge in [-0.05, 0) is 25.2 Å². The second kappa shape index (κ2) is 7.24. The molecule has 1 rings (SSSR count). The molecular formula is C13H24N2O3. The molecular weight excluding hydrogens is 232 g/mol. The highest BCUT2D eigenvalue weighted by Crippen LogP contribution is 2.26. The van der Waals surface area contributed by atoms with Crippen LogP contribution < -0.4 is 5.32 Å². The van der Waals surface area contributed by atoms with Crippen LogP contribution in [0.5, 0.6) is 0 Å². The van der Waals surface area contributed by atoms with Gasteiger partial charge in [0.05, 0.1) is 0 Å². The number of carbonyl (C=O) groups is 2. The van der Waals surface area contributed by atoms with Crippen molar-refractivity contribution in [3.05, 3.63) is 0 Å². The molecule has 0 bridgehead atoms. The van der Waals surface area contributed by atoms with Crippen molar-refractivity contribution in [2.45, 2.75) is 51.5 Å². The lowest BCUT2D eigenvalue weighted by molar-refractivity contribution is -0.137. The van der Waals surface area contributed by atoms with Gasteiger partial charge in [0.15, 0.2) is 0 Å². The van der Waals surface area contributed by atoms with Crippen LogP contribution in [-0.4, -0.2) is 41.6 Å². The van der Waals surface area contributed by atoms with E-state index in [0.717, 1.165) is 12.8 Å². The van der Waals surface area contributed by atoms with Gasteiger partial charge in [-0.2, -0.15) is 0 Å². The van der Waals surface area contributed by atoms with E-state index in [1.807, 2.05) is 7.05 Å². The number of urea groups is 1. The monoisotopic (exact) mass is 256 g/mol. The summed E-state index contributed by atoms with van der Waals surface area (Å²) >= 11 is 0. The molecule has 0 heterocycles. The predicted molar refractivity (Wildman–Crippen MR) is 69.5 cm³/mol. The van der Waals surface area contributed by atoms with Crippen LogP contribution in [0.15, 0.2) is 0 Å². The standard InChI is InChI=1S/C13H24N2O3/c1-10-5-3-6-11(9-10)15(2)13(18)14-8-4-7-12(16)17/h10-11H,3-9H2,1-2H3,(H,14,18)(H,16,17). The van der Waals surface area contributed by atoms with Gasteiger partial charge < -0.3 is 15.3 Å². The Morgan fingerprint density at radius 2 is 2.11 bits per heavy atom. The summed E-state index contributed by atoms with van der Waals surface area (Å²) in [5.41, 5.74) is 0. The second-order valence-electron chi connectivity index (χ2n) is 5.27. The first kappa shape index (κ1) is 14.8. The predicted octanol–water partition coefficient (Wildman–Crippen LogP) is 2.07. The highest BCUT2D eigenvalue weighted by atomic mass is 16.4. The van der Waals surface area contributed by atoms with Crippen LogP contribution in [0.25, 0.3) is 0 Å². The van der Waals surface area contributed by atoms with Gasteiger partial charge in [0, 0.05) is 26.1 Å². The first-order chi connectivity index (χ1) is 8.50. The van der Waals surface area contributed by atoms with Crippen molar-refractivity contribution >= 4 is 12.0 Å². The Morgan fingerprint density at radius 3 is 2.72 bits per heavy atom. The van der Waals surface area contributed by atoms with Crippen LogP contribution in [0.2, 0.25) is 0 Å². The molecule has 1 saturated carbocycles. The highest BCUT2D eigenvalue weighted by molar-refractivity contribution is 5.74. The van der Waals surface area contributed by atoms with Gasteiger partial charge in [0.1, 0.15) is 0 Å². The number of nitrogens with zero attached hydrogens (tertiary/aromatic N) is 1. The third kappa shape index (κ3) is 4.94. The maximum absolute atomic E-state index is 11.9. The molecule has 5 nitrogen and oxygen atoms in total. The molecule has 1 aliphatic rings. The Kier molecular flexibility index (Phi) is 5.95. The van der Waals surface area contributed by atoms with E-state index in [9.17, 15) is 9.59 Å². The fourth-order valence-corrected chi connectivity index (χ4v) is 2.48. The van der Waals surface area contributed by atoms with Gasteiger partial charge in [-0.15, -0.1) is 0 Å². The number of hydrogen-bond donors (Lipinski definition) is 2. The summed E-state index contributed by atoms with van der Waals surface area (Å²) < 4.78 is 0. The highest BCUT2D eigenvalue weighted by Gasteiger charge is 2.25. The molecule has 0 aromatic rings. The molecule has 1 fully saturated rings. The summed E-state index contributed by atoms with van der Waals surface area (Å²) in [5.74, 6) is -0.135. The summed E-state index contributed by atoms with van der Waals surface area (Å²) in [7, 11) is 1.83. The van der Waals surface area contributed by atoms with Crippen molar-refractivity contribution in [2.75, 3.05) is 13.6 Å². The molecule has 2 amide bonds. The van der Waals surface area contributed by atoms with E-state index >= 15 is 0 Å². The first-order valence-electron chi connectivity index (χ1n) is 6.73. The van der Waals surface area contributed by atoms with Crippen LogP contribution >= 0.6 is 0 Å². The largest absolute Gasteiger partial charge is 0.481 e. The lowest BCUT2D eigenvalue weighted by Gasteiger charge is -2.34. The number of carbonyl (C=O) groups excluding carboxylic acids is 1. The van der Waals surface area contributed by atoms with E-state index in [0.29, 0.717) is 24.9 Å². The minimum atomic E-state index is -0.821. The molecule has 0 spiro atoms. The summed E-state index contributed by atoms with van der Waals surface area (Å²) in [6.07, 6.45) is 5.16. The molecule has 1 aliphatic carbocycles. The molecule has 104 valence electrons. The zero-order chi connectivity index (χ0) is 13.5. The maximum Gasteiger partial charge on any atom is 0.317 e. The van der Waals surface area contributed by atoms with E-state index in [-0.39, 0.29) is 12.5 Å². The molecule has 2 N–H and O–H groups in total. The molecule has 0 aliphatic heterocycles. The number of hydrogen-bond acceptors (Lipinski definition) is 2. The van der Waals surface area contributed by atoms with E-state index in [2.05, 4.69) is 12.2 Å². The van der Waals surface area contributed by atoms with E-state index in [1.54, 1.807) is 4.90 Å². The lowest BCUT2D eigenvalue weighted by Crippen LogP contribution is -2.45. The molecule has 0 saturated heterocycles. The van der Waals surface area contributed by atoms with E-state index in [4.69, 9.17) is 5.11 Å². The molecule has 2 atom stereocenters. The fourth-order valence-electron chi connectivity index (χ4n) is 2.48. The van der Waals surface area contributed by atoms with Crippen LogP contribution in [0.4, 0.5) is 4.79 Å². The average molecular weight is 256 g/mol. The van der Waals surface area contributed by atoms with Crippen LogP contribution in [0.1, 0.15) is 45.4 Å².